The zero-order chi connectivity index (χ0) is 12.8. The summed E-state index contributed by atoms with van der Waals surface area (Å²) in [5, 5.41) is 5.64. The number of hydrogen-bond acceptors (Lipinski definition) is 3. The van der Waals surface area contributed by atoms with Crippen LogP contribution in [0.15, 0.2) is 18.2 Å². The molecule has 1 rings (SSSR count). The number of benzene rings is 1. The minimum absolute atomic E-state index is 0.0487. The number of likely N-dealkylation sites (N-methyl/N-ethyl adjacent to an activating group) is 1. The van der Waals surface area contributed by atoms with Crippen LogP contribution in [0.25, 0.3) is 0 Å². The third kappa shape index (κ3) is 3.75. The van der Waals surface area contributed by atoms with Crippen LogP contribution in [-0.2, 0) is 4.79 Å². The fourth-order valence-electron chi connectivity index (χ4n) is 1.63. The second-order valence-corrected chi connectivity index (χ2v) is 4.19. The fourth-order valence-corrected chi connectivity index (χ4v) is 1.63. The quantitative estimate of drug-likeness (QED) is 0.822. The maximum absolute atomic E-state index is 11.4. The number of carbonyl (C=O) groups is 1. The SMILES string of the molecule is CNCC(=O)Nc1ccc(OC)c(C(C)C)c1. The van der Waals surface area contributed by atoms with E-state index in [-0.39, 0.29) is 5.91 Å². The van der Waals surface area contributed by atoms with Crippen molar-refractivity contribution in [3.05, 3.63) is 23.8 Å². The van der Waals surface area contributed by atoms with Gasteiger partial charge in [0.25, 0.3) is 0 Å². The van der Waals surface area contributed by atoms with Crippen molar-refractivity contribution in [1.82, 2.24) is 5.32 Å². The second kappa shape index (κ2) is 6.25. The molecule has 17 heavy (non-hydrogen) atoms. The number of rotatable bonds is 5. The molecule has 0 aliphatic heterocycles. The van der Waals surface area contributed by atoms with E-state index >= 15 is 0 Å². The lowest BCUT2D eigenvalue weighted by atomic mass is 10.0. The van der Waals surface area contributed by atoms with Crippen LogP contribution in [0.3, 0.4) is 0 Å². The Morgan fingerprint density at radius 1 is 1.41 bits per heavy atom. The van der Waals surface area contributed by atoms with Crippen molar-refractivity contribution in [2.45, 2.75) is 19.8 Å². The van der Waals surface area contributed by atoms with Crippen LogP contribution in [0.4, 0.5) is 5.69 Å². The van der Waals surface area contributed by atoms with E-state index in [9.17, 15) is 4.79 Å². The summed E-state index contributed by atoms with van der Waals surface area (Å²) in [4.78, 5) is 11.4. The minimum Gasteiger partial charge on any atom is -0.496 e. The highest BCUT2D eigenvalue weighted by atomic mass is 16.5. The summed E-state index contributed by atoms with van der Waals surface area (Å²) in [5.41, 5.74) is 1.89. The highest BCUT2D eigenvalue weighted by molar-refractivity contribution is 5.92. The first-order chi connectivity index (χ1) is 8.08. The van der Waals surface area contributed by atoms with Crippen LogP contribution in [0, 0.1) is 0 Å². The van der Waals surface area contributed by atoms with Gasteiger partial charge in [0.2, 0.25) is 5.91 Å². The molecule has 0 aliphatic rings. The minimum atomic E-state index is -0.0487. The Kier molecular flexibility index (Phi) is 4.97. The number of hydrogen-bond donors (Lipinski definition) is 2. The summed E-state index contributed by atoms with van der Waals surface area (Å²) in [5.74, 6) is 1.16. The topological polar surface area (TPSA) is 50.4 Å². The van der Waals surface area contributed by atoms with Gasteiger partial charge in [-0.25, -0.2) is 0 Å². The van der Waals surface area contributed by atoms with Gasteiger partial charge >= 0.3 is 0 Å². The first-order valence-corrected chi connectivity index (χ1v) is 5.71. The van der Waals surface area contributed by atoms with Gasteiger partial charge in [-0.2, -0.15) is 0 Å². The average molecular weight is 236 g/mol. The number of anilines is 1. The van der Waals surface area contributed by atoms with Crippen molar-refractivity contribution in [2.75, 3.05) is 26.0 Å². The second-order valence-electron chi connectivity index (χ2n) is 4.19. The van der Waals surface area contributed by atoms with Gasteiger partial charge in [-0.05, 0) is 36.7 Å². The predicted octanol–water partition coefficient (Wildman–Crippen LogP) is 1.98. The average Bonchev–Trinajstić information content (AvgIpc) is 2.29. The Balaban J connectivity index is 2.88. The first-order valence-electron chi connectivity index (χ1n) is 5.71. The van der Waals surface area contributed by atoms with Crippen LogP contribution in [0.5, 0.6) is 5.75 Å². The van der Waals surface area contributed by atoms with Crippen molar-refractivity contribution >= 4 is 11.6 Å². The molecule has 1 aromatic rings. The van der Waals surface area contributed by atoms with E-state index in [0.717, 1.165) is 17.0 Å². The van der Waals surface area contributed by atoms with Crippen LogP contribution in [0.2, 0.25) is 0 Å². The summed E-state index contributed by atoms with van der Waals surface area (Å²) >= 11 is 0. The van der Waals surface area contributed by atoms with Gasteiger partial charge in [0.1, 0.15) is 5.75 Å². The van der Waals surface area contributed by atoms with E-state index in [0.29, 0.717) is 12.5 Å². The normalized spacial score (nSPS) is 10.4. The van der Waals surface area contributed by atoms with Crippen molar-refractivity contribution in [3.8, 4) is 5.75 Å². The first kappa shape index (κ1) is 13.5. The van der Waals surface area contributed by atoms with Gasteiger partial charge in [0, 0.05) is 5.69 Å². The number of amides is 1. The van der Waals surface area contributed by atoms with Gasteiger partial charge < -0.3 is 15.4 Å². The molecule has 0 radical (unpaired) electrons. The number of methoxy groups -OCH3 is 1. The number of carbonyl (C=O) groups excluding carboxylic acids is 1. The summed E-state index contributed by atoms with van der Waals surface area (Å²) in [7, 11) is 3.40. The smallest absolute Gasteiger partial charge is 0.238 e. The number of nitrogens with one attached hydrogen (secondary N) is 2. The predicted molar refractivity (Wildman–Crippen MR) is 69.6 cm³/mol. The van der Waals surface area contributed by atoms with E-state index in [1.165, 1.54) is 0 Å². The summed E-state index contributed by atoms with van der Waals surface area (Å²) in [6.45, 7) is 4.50. The van der Waals surface area contributed by atoms with Crippen LogP contribution in [0.1, 0.15) is 25.3 Å². The maximum atomic E-state index is 11.4. The van der Waals surface area contributed by atoms with Crippen molar-refractivity contribution in [1.29, 1.82) is 0 Å². The molecule has 0 spiro atoms. The Labute approximate surface area is 102 Å². The Hall–Kier alpha value is -1.55. The van der Waals surface area contributed by atoms with E-state index in [2.05, 4.69) is 24.5 Å². The molecular formula is C13H20N2O2. The largest absolute Gasteiger partial charge is 0.496 e. The lowest BCUT2D eigenvalue weighted by Gasteiger charge is -2.14. The van der Waals surface area contributed by atoms with Crippen LogP contribution >= 0.6 is 0 Å². The van der Waals surface area contributed by atoms with Crippen LogP contribution < -0.4 is 15.4 Å². The molecule has 4 nitrogen and oxygen atoms in total. The van der Waals surface area contributed by atoms with Crippen molar-refractivity contribution in [3.63, 3.8) is 0 Å². The molecular weight excluding hydrogens is 216 g/mol. The third-order valence-corrected chi connectivity index (χ3v) is 2.47. The highest BCUT2D eigenvalue weighted by Crippen LogP contribution is 2.29. The molecule has 1 aromatic carbocycles. The molecule has 0 bridgehead atoms. The maximum Gasteiger partial charge on any atom is 0.238 e. The monoisotopic (exact) mass is 236 g/mol. The van der Waals surface area contributed by atoms with E-state index in [1.807, 2.05) is 18.2 Å². The highest BCUT2D eigenvalue weighted by Gasteiger charge is 2.09. The van der Waals surface area contributed by atoms with Gasteiger partial charge in [0.05, 0.1) is 13.7 Å². The molecule has 0 heterocycles. The van der Waals surface area contributed by atoms with Gasteiger partial charge in [-0.15, -0.1) is 0 Å². The standard InChI is InChI=1S/C13H20N2O2/c1-9(2)11-7-10(5-6-12(11)17-4)15-13(16)8-14-3/h5-7,9,14H,8H2,1-4H3,(H,15,16). The summed E-state index contributed by atoms with van der Waals surface area (Å²) < 4.78 is 5.29. The Bertz CT molecular complexity index is 389. The van der Waals surface area contributed by atoms with E-state index in [4.69, 9.17) is 4.74 Å². The van der Waals surface area contributed by atoms with Crippen molar-refractivity contribution < 1.29 is 9.53 Å². The molecule has 0 aliphatic carbocycles. The van der Waals surface area contributed by atoms with Gasteiger partial charge in [-0.1, -0.05) is 13.8 Å². The van der Waals surface area contributed by atoms with Gasteiger partial charge in [-0.3, -0.25) is 4.79 Å². The fraction of sp³-hybridized carbons (Fsp3) is 0.462. The van der Waals surface area contributed by atoms with E-state index < -0.39 is 0 Å². The van der Waals surface area contributed by atoms with Crippen LogP contribution in [-0.4, -0.2) is 26.6 Å². The summed E-state index contributed by atoms with van der Waals surface area (Å²) in [6.07, 6.45) is 0. The lowest BCUT2D eigenvalue weighted by Crippen LogP contribution is -2.25. The Morgan fingerprint density at radius 3 is 2.65 bits per heavy atom. The lowest BCUT2D eigenvalue weighted by molar-refractivity contribution is -0.115. The molecule has 0 saturated carbocycles. The molecule has 0 atom stereocenters. The summed E-state index contributed by atoms with van der Waals surface area (Å²) in [6, 6.07) is 5.68. The molecule has 0 saturated heterocycles. The number of ether oxygens (including phenoxy) is 1. The molecule has 1 amide bonds. The molecule has 0 aromatic heterocycles. The zero-order valence-corrected chi connectivity index (χ0v) is 10.8. The molecule has 0 unspecified atom stereocenters. The molecule has 4 heteroatoms. The molecule has 94 valence electrons. The molecule has 0 fully saturated rings. The van der Waals surface area contributed by atoms with Gasteiger partial charge in [0.15, 0.2) is 0 Å². The molecule has 2 N–H and O–H groups in total. The van der Waals surface area contributed by atoms with Crippen molar-refractivity contribution in [2.24, 2.45) is 0 Å². The Morgan fingerprint density at radius 2 is 2.12 bits per heavy atom. The van der Waals surface area contributed by atoms with E-state index in [1.54, 1.807) is 14.2 Å². The zero-order valence-electron chi connectivity index (χ0n) is 10.8. The third-order valence-electron chi connectivity index (χ3n) is 2.47.